The minimum absolute atomic E-state index is 0.0625. The Morgan fingerprint density at radius 2 is 1.91 bits per heavy atom. The van der Waals surface area contributed by atoms with E-state index in [0.717, 1.165) is 22.2 Å². The second-order valence-corrected chi connectivity index (χ2v) is 7.88. The molecule has 12 heteroatoms. The molecular formula is C21H17F3N6O2S. The highest BCUT2D eigenvalue weighted by atomic mass is 32.2. The van der Waals surface area contributed by atoms with Crippen LogP contribution in [0, 0.1) is 0 Å². The van der Waals surface area contributed by atoms with Gasteiger partial charge in [-0.15, -0.1) is 10.2 Å². The van der Waals surface area contributed by atoms with Gasteiger partial charge < -0.3 is 14.6 Å². The van der Waals surface area contributed by atoms with Gasteiger partial charge in [0, 0.05) is 17.6 Å². The molecule has 0 saturated carbocycles. The highest BCUT2D eigenvalue weighted by molar-refractivity contribution is 7.99. The SMILES string of the molecule is COc1cn(-c2cccc(C(F)(F)F)c2)nc1C(=O)Nc1ccc(Sc2nncn2C)cc1. The number of nitrogens with zero attached hydrogens (tertiary/aromatic N) is 5. The summed E-state index contributed by atoms with van der Waals surface area (Å²) in [7, 11) is 3.19. The van der Waals surface area contributed by atoms with Crippen molar-refractivity contribution < 1.29 is 22.7 Å². The number of ether oxygens (including phenoxy) is 1. The summed E-state index contributed by atoms with van der Waals surface area (Å²) in [5.41, 5.74) is -0.225. The number of carbonyl (C=O) groups excluding carboxylic acids is 1. The van der Waals surface area contributed by atoms with Crippen LogP contribution in [0.2, 0.25) is 0 Å². The standard InChI is InChI=1S/C21H17F3N6O2S/c1-29-12-25-27-20(29)33-16-8-6-14(7-9-16)26-19(31)18-17(32-2)11-30(28-18)15-5-3-4-13(10-15)21(22,23)24/h3-12H,1-2H3,(H,26,31). The Balaban J connectivity index is 1.52. The van der Waals surface area contributed by atoms with Gasteiger partial charge in [-0.05, 0) is 54.2 Å². The zero-order valence-corrected chi connectivity index (χ0v) is 18.2. The Morgan fingerprint density at radius 3 is 2.55 bits per heavy atom. The predicted molar refractivity (Wildman–Crippen MR) is 115 cm³/mol. The molecule has 0 saturated heterocycles. The normalized spacial score (nSPS) is 11.4. The van der Waals surface area contributed by atoms with Crippen molar-refractivity contribution in [3.05, 3.63) is 72.3 Å². The van der Waals surface area contributed by atoms with E-state index in [0.29, 0.717) is 5.69 Å². The number of carbonyl (C=O) groups is 1. The summed E-state index contributed by atoms with van der Waals surface area (Å²) in [6, 6.07) is 11.7. The number of nitrogens with one attached hydrogen (secondary N) is 1. The molecule has 1 N–H and O–H groups in total. The van der Waals surface area contributed by atoms with E-state index in [1.165, 1.54) is 41.9 Å². The van der Waals surface area contributed by atoms with Gasteiger partial charge in [0.25, 0.3) is 5.91 Å². The first-order chi connectivity index (χ1) is 15.7. The highest BCUT2D eigenvalue weighted by Gasteiger charge is 2.30. The number of methoxy groups -OCH3 is 1. The number of hydrogen-bond acceptors (Lipinski definition) is 6. The molecule has 1 amide bonds. The van der Waals surface area contributed by atoms with Gasteiger partial charge in [0.05, 0.1) is 24.6 Å². The third-order valence-corrected chi connectivity index (χ3v) is 5.60. The van der Waals surface area contributed by atoms with Crippen LogP contribution in [-0.2, 0) is 13.2 Å². The topological polar surface area (TPSA) is 86.9 Å². The van der Waals surface area contributed by atoms with Crippen LogP contribution in [0.5, 0.6) is 5.75 Å². The Bertz CT molecular complexity index is 1280. The van der Waals surface area contributed by atoms with Crippen molar-refractivity contribution >= 4 is 23.4 Å². The van der Waals surface area contributed by atoms with E-state index in [1.54, 1.807) is 23.0 Å². The molecule has 0 unspecified atom stereocenters. The molecule has 0 atom stereocenters. The largest absolute Gasteiger partial charge is 0.493 e. The molecule has 0 aliphatic carbocycles. The molecule has 0 aliphatic rings. The van der Waals surface area contributed by atoms with E-state index in [4.69, 9.17) is 4.74 Å². The molecule has 2 aromatic carbocycles. The number of amides is 1. The number of aromatic nitrogens is 5. The highest BCUT2D eigenvalue weighted by Crippen LogP contribution is 2.31. The summed E-state index contributed by atoms with van der Waals surface area (Å²) in [6.07, 6.45) is -1.54. The second-order valence-electron chi connectivity index (χ2n) is 6.84. The zero-order chi connectivity index (χ0) is 23.6. The average Bonchev–Trinajstić information content (AvgIpc) is 3.41. The van der Waals surface area contributed by atoms with Crippen molar-refractivity contribution in [2.24, 2.45) is 7.05 Å². The first kappa shape index (κ1) is 22.4. The van der Waals surface area contributed by atoms with Gasteiger partial charge >= 0.3 is 6.18 Å². The van der Waals surface area contributed by atoms with Gasteiger partial charge in [-0.3, -0.25) is 4.79 Å². The number of hydrogen-bond donors (Lipinski definition) is 1. The fraction of sp³-hybridized carbons (Fsp3) is 0.143. The monoisotopic (exact) mass is 474 g/mol. The van der Waals surface area contributed by atoms with Crippen molar-refractivity contribution in [1.29, 1.82) is 0 Å². The molecule has 0 spiro atoms. The second kappa shape index (κ2) is 8.98. The number of rotatable bonds is 6. The van der Waals surface area contributed by atoms with Crippen molar-refractivity contribution in [3.8, 4) is 11.4 Å². The smallest absolute Gasteiger partial charge is 0.416 e. The molecule has 2 heterocycles. The molecule has 8 nitrogen and oxygen atoms in total. The Labute approximate surface area is 190 Å². The molecular weight excluding hydrogens is 457 g/mol. The van der Waals surface area contributed by atoms with Gasteiger partial charge in [0.1, 0.15) is 6.33 Å². The van der Waals surface area contributed by atoms with Crippen molar-refractivity contribution in [2.45, 2.75) is 16.2 Å². The Hall–Kier alpha value is -3.80. The minimum atomic E-state index is -4.50. The fourth-order valence-electron chi connectivity index (χ4n) is 2.89. The lowest BCUT2D eigenvalue weighted by atomic mass is 10.2. The molecule has 0 bridgehead atoms. The number of alkyl halides is 3. The van der Waals surface area contributed by atoms with Gasteiger partial charge in [-0.2, -0.15) is 18.3 Å². The number of aryl methyl sites for hydroxylation is 1. The maximum Gasteiger partial charge on any atom is 0.416 e. The molecule has 0 radical (unpaired) electrons. The lowest BCUT2D eigenvalue weighted by molar-refractivity contribution is -0.137. The van der Waals surface area contributed by atoms with E-state index < -0.39 is 17.6 Å². The van der Waals surface area contributed by atoms with Crippen LogP contribution in [0.3, 0.4) is 0 Å². The van der Waals surface area contributed by atoms with Gasteiger partial charge in [-0.1, -0.05) is 6.07 Å². The van der Waals surface area contributed by atoms with Crippen molar-refractivity contribution in [2.75, 3.05) is 12.4 Å². The maximum absolute atomic E-state index is 13.0. The predicted octanol–water partition coefficient (Wildman–Crippen LogP) is 4.43. The minimum Gasteiger partial charge on any atom is -0.493 e. The van der Waals surface area contributed by atoms with Gasteiger partial charge in [0.15, 0.2) is 16.6 Å². The molecule has 170 valence electrons. The van der Waals surface area contributed by atoms with E-state index in [2.05, 4.69) is 20.6 Å². The van der Waals surface area contributed by atoms with Crippen LogP contribution < -0.4 is 10.1 Å². The number of halogens is 3. The molecule has 0 fully saturated rings. The van der Waals surface area contributed by atoms with Crippen LogP contribution in [0.4, 0.5) is 18.9 Å². The lowest BCUT2D eigenvalue weighted by Crippen LogP contribution is -2.14. The molecule has 4 aromatic rings. The van der Waals surface area contributed by atoms with E-state index in [1.807, 2.05) is 19.2 Å². The summed E-state index contributed by atoms with van der Waals surface area (Å²) in [4.78, 5) is 13.7. The average molecular weight is 474 g/mol. The quantitative estimate of drug-likeness (QED) is 0.445. The van der Waals surface area contributed by atoms with Gasteiger partial charge in [0.2, 0.25) is 0 Å². The molecule has 0 aliphatic heterocycles. The maximum atomic E-state index is 13.0. The summed E-state index contributed by atoms with van der Waals surface area (Å²) in [5, 5.41) is 15.4. The summed E-state index contributed by atoms with van der Waals surface area (Å²) in [6.45, 7) is 0. The number of benzene rings is 2. The lowest BCUT2D eigenvalue weighted by Gasteiger charge is -2.08. The molecule has 4 rings (SSSR count). The van der Waals surface area contributed by atoms with Crippen LogP contribution >= 0.6 is 11.8 Å². The van der Waals surface area contributed by atoms with Crippen LogP contribution in [-0.4, -0.2) is 37.6 Å². The van der Waals surface area contributed by atoms with Crippen molar-refractivity contribution in [1.82, 2.24) is 24.5 Å². The fourth-order valence-corrected chi connectivity index (χ4v) is 3.65. The van der Waals surface area contributed by atoms with E-state index in [-0.39, 0.29) is 17.1 Å². The first-order valence-corrected chi connectivity index (χ1v) is 10.3. The number of anilines is 1. The van der Waals surface area contributed by atoms with Crippen molar-refractivity contribution in [3.63, 3.8) is 0 Å². The summed E-state index contributed by atoms with van der Waals surface area (Å²) < 4.78 is 47.3. The first-order valence-electron chi connectivity index (χ1n) is 9.49. The van der Waals surface area contributed by atoms with E-state index in [9.17, 15) is 18.0 Å². The van der Waals surface area contributed by atoms with Crippen LogP contribution in [0.15, 0.2) is 71.1 Å². The molecule has 33 heavy (non-hydrogen) atoms. The third-order valence-electron chi connectivity index (χ3n) is 4.54. The van der Waals surface area contributed by atoms with Crippen LogP contribution in [0.1, 0.15) is 16.1 Å². The third kappa shape index (κ3) is 5.00. The Kier molecular flexibility index (Phi) is 6.09. The Morgan fingerprint density at radius 1 is 1.15 bits per heavy atom. The van der Waals surface area contributed by atoms with Crippen LogP contribution in [0.25, 0.3) is 5.69 Å². The van der Waals surface area contributed by atoms with Gasteiger partial charge in [-0.25, -0.2) is 4.68 Å². The molecule has 2 aromatic heterocycles. The summed E-state index contributed by atoms with van der Waals surface area (Å²) >= 11 is 1.42. The van der Waals surface area contributed by atoms with E-state index >= 15 is 0 Å². The summed E-state index contributed by atoms with van der Waals surface area (Å²) in [5.74, 6) is -0.439. The zero-order valence-electron chi connectivity index (χ0n) is 17.4.